The van der Waals surface area contributed by atoms with Crippen molar-refractivity contribution in [1.29, 1.82) is 0 Å². The Morgan fingerprint density at radius 1 is 1.14 bits per heavy atom. The summed E-state index contributed by atoms with van der Waals surface area (Å²) in [6.45, 7) is 7.94. The minimum Gasteiger partial charge on any atom is -0.486 e. The van der Waals surface area contributed by atoms with Crippen LogP contribution < -0.4 is 25.0 Å². The Bertz CT molecular complexity index is 775. The number of aliphatic imine (C=N–C) groups is 1. The lowest BCUT2D eigenvalue weighted by atomic mass is 10.2. The summed E-state index contributed by atoms with van der Waals surface area (Å²) < 4.78 is 11.7. The van der Waals surface area contributed by atoms with Crippen molar-refractivity contribution in [3.05, 3.63) is 48.2 Å². The quantitative estimate of drug-likeness (QED) is 0.565. The van der Waals surface area contributed by atoms with Crippen LogP contribution in [0.25, 0.3) is 0 Å². The van der Waals surface area contributed by atoms with Crippen molar-refractivity contribution in [3.8, 4) is 11.5 Å². The lowest BCUT2D eigenvalue weighted by Crippen LogP contribution is -2.45. The molecule has 0 fully saturated rings. The molecule has 0 saturated carbocycles. The van der Waals surface area contributed by atoms with Crippen LogP contribution in [0.3, 0.4) is 0 Å². The maximum Gasteiger partial charge on any atom is 0.191 e. The predicted octanol–water partition coefficient (Wildman–Crippen LogP) is 2.43. The number of ether oxygens (including phenoxy) is 2. The Balaban J connectivity index is 1.46. The molecule has 1 atom stereocenters. The SMILES string of the molecule is CCN(CC)c1ccc(CNC(=NC)NCC2COc3ccccc3O2)cn1. The number of anilines is 1. The molecule has 150 valence electrons. The first-order valence-electron chi connectivity index (χ1n) is 9.76. The third-order valence-electron chi connectivity index (χ3n) is 4.64. The summed E-state index contributed by atoms with van der Waals surface area (Å²) in [4.78, 5) is 11.1. The van der Waals surface area contributed by atoms with E-state index >= 15 is 0 Å². The Hall–Kier alpha value is -2.96. The van der Waals surface area contributed by atoms with E-state index in [9.17, 15) is 0 Å². The molecule has 7 heteroatoms. The standard InChI is InChI=1S/C21H29N5O2/c1-4-26(5-2)20-11-10-16(12-23-20)13-24-21(22-3)25-14-17-15-27-18-8-6-7-9-19(18)28-17/h6-12,17H,4-5,13-15H2,1-3H3,(H2,22,24,25). The molecule has 0 spiro atoms. The van der Waals surface area contributed by atoms with Crippen LogP contribution >= 0.6 is 0 Å². The van der Waals surface area contributed by atoms with Crippen molar-refractivity contribution in [2.45, 2.75) is 26.5 Å². The predicted molar refractivity (Wildman–Crippen MR) is 112 cm³/mol. The minimum atomic E-state index is -0.0662. The zero-order chi connectivity index (χ0) is 19.8. The number of hydrogen-bond acceptors (Lipinski definition) is 5. The number of nitrogens with zero attached hydrogens (tertiary/aromatic N) is 3. The van der Waals surface area contributed by atoms with Gasteiger partial charge in [-0.05, 0) is 37.6 Å². The second-order valence-electron chi connectivity index (χ2n) is 6.50. The first kappa shape index (κ1) is 19.8. The van der Waals surface area contributed by atoms with Gasteiger partial charge in [-0.3, -0.25) is 4.99 Å². The molecule has 3 rings (SSSR count). The highest BCUT2D eigenvalue weighted by atomic mass is 16.6. The monoisotopic (exact) mass is 383 g/mol. The fourth-order valence-electron chi connectivity index (χ4n) is 3.04. The average Bonchev–Trinajstić information content (AvgIpc) is 2.75. The van der Waals surface area contributed by atoms with Crippen LogP contribution in [0.2, 0.25) is 0 Å². The van der Waals surface area contributed by atoms with Crippen LogP contribution in [-0.4, -0.2) is 50.3 Å². The molecule has 7 nitrogen and oxygen atoms in total. The zero-order valence-corrected chi connectivity index (χ0v) is 16.8. The van der Waals surface area contributed by atoms with E-state index in [0.717, 1.165) is 41.9 Å². The number of para-hydroxylation sites is 2. The molecule has 0 amide bonds. The van der Waals surface area contributed by atoms with Gasteiger partial charge in [0.2, 0.25) is 0 Å². The molecule has 2 N–H and O–H groups in total. The van der Waals surface area contributed by atoms with Crippen LogP contribution in [0.5, 0.6) is 11.5 Å². The van der Waals surface area contributed by atoms with Crippen LogP contribution in [0, 0.1) is 0 Å². The van der Waals surface area contributed by atoms with Crippen LogP contribution in [0.1, 0.15) is 19.4 Å². The summed E-state index contributed by atoms with van der Waals surface area (Å²) in [7, 11) is 1.75. The van der Waals surface area contributed by atoms with E-state index in [0.29, 0.717) is 19.7 Å². The second kappa shape index (κ2) is 9.82. The van der Waals surface area contributed by atoms with Gasteiger partial charge in [-0.2, -0.15) is 0 Å². The largest absolute Gasteiger partial charge is 0.486 e. The molecule has 2 aromatic rings. The fourth-order valence-corrected chi connectivity index (χ4v) is 3.04. The van der Waals surface area contributed by atoms with Gasteiger partial charge in [0.05, 0.1) is 6.54 Å². The van der Waals surface area contributed by atoms with E-state index in [2.05, 4.69) is 51.5 Å². The number of guanidine groups is 1. The van der Waals surface area contributed by atoms with E-state index in [1.165, 1.54) is 0 Å². The first-order valence-corrected chi connectivity index (χ1v) is 9.76. The molecular weight excluding hydrogens is 354 g/mol. The maximum absolute atomic E-state index is 5.96. The molecule has 1 aliphatic rings. The molecule has 1 aromatic carbocycles. The molecule has 2 heterocycles. The molecule has 1 unspecified atom stereocenters. The van der Waals surface area contributed by atoms with E-state index in [1.807, 2.05) is 30.5 Å². The lowest BCUT2D eigenvalue weighted by Gasteiger charge is -2.27. The van der Waals surface area contributed by atoms with Gasteiger partial charge >= 0.3 is 0 Å². The topological polar surface area (TPSA) is 71.0 Å². The number of rotatable bonds is 7. The third kappa shape index (κ3) is 5.06. The molecular formula is C21H29N5O2. The first-order chi connectivity index (χ1) is 13.7. The van der Waals surface area contributed by atoms with Crippen molar-refractivity contribution in [3.63, 3.8) is 0 Å². The second-order valence-corrected chi connectivity index (χ2v) is 6.50. The fraction of sp³-hybridized carbons (Fsp3) is 0.429. The van der Waals surface area contributed by atoms with Gasteiger partial charge in [0.25, 0.3) is 0 Å². The highest BCUT2D eigenvalue weighted by molar-refractivity contribution is 5.79. The van der Waals surface area contributed by atoms with Crippen LogP contribution in [0.4, 0.5) is 5.82 Å². The van der Waals surface area contributed by atoms with E-state index in [-0.39, 0.29) is 6.10 Å². The molecule has 28 heavy (non-hydrogen) atoms. The molecule has 1 aliphatic heterocycles. The third-order valence-corrected chi connectivity index (χ3v) is 4.64. The van der Waals surface area contributed by atoms with Crippen LogP contribution in [0.15, 0.2) is 47.6 Å². The summed E-state index contributed by atoms with van der Waals surface area (Å²) in [5, 5.41) is 6.60. The molecule has 0 aliphatic carbocycles. The number of benzene rings is 1. The maximum atomic E-state index is 5.96. The Morgan fingerprint density at radius 3 is 2.61 bits per heavy atom. The van der Waals surface area contributed by atoms with Crippen LogP contribution in [-0.2, 0) is 6.54 Å². The summed E-state index contributed by atoms with van der Waals surface area (Å²) in [5.41, 5.74) is 1.10. The summed E-state index contributed by atoms with van der Waals surface area (Å²) >= 11 is 0. The van der Waals surface area contributed by atoms with Gasteiger partial charge in [-0.15, -0.1) is 0 Å². The summed E-state index contributed by atoms with van der Waals surface area (Å²) in [6, 6.07) is 11.9. The van der Waals surface area contributed by atoms with Gasteiger partial charge in [0, 0.05) is 32.9 Å². The minimum absolute atomic E-state index is 0.0662. The molecule has 0 radical (unpaired) electrons. The van der Waals surface area contributed by atoms with Crippen molar-refractivity contribution >= 4 is 11.8 Å². The molecule has 1 aromatic heterocycles. The highest BCUT2D eigenvalue weighted by Crippen LogP contribution is 2.30. The van der Waals surface area contributed by atoms with Crippen molar-refractivity contribution in [2.24, 2.45) is 4.99 Å². The van der Waals surface area contributed by atoms with Crippen molar-refractivity contribution in [1.82, 2.24) is 15.6 Å². The summed E-state index contributed by atoms with van der Waals surface area (Å²) in [5.74, 6) is 3.30. The lowest BCUT2D eigenvalue weighted by molar-refractivity contribution is 0.0936. The number of pyridine rings is 1. The van der Waals surface area contributed by atoms with E-state index in [1.54, 1.807) is 7.05 Å². The average molecular weight is 383 g/mol. The molecule has 0 bridgehead atoms. The Labute approximate surface area is 166 Å². The highest BCUT2D eigenvalue weighted by Gasteiger charge is 2.20. The van der Waals surface area contributed by atoms with Gasteiger partial charge < -0.3 is 25.0 Å². The number of nitrogens with one attached hydrogen (secondary N) is 2. The smallest absolute Gasteiger partial charge is 0.191 e. The van der Waals surface area contributed by atoms with E-state index < -0.39 is 0 Å². The Morgan fingerprint density at radius 2 is 1.93 bits per heavy atom. The normalized spacial score (nSPS) is 15.8. The van der Waals surface area contributed by atoms with Gasteiger partial charge in [-0.25, -0.2) is 4.98 Å². The number of aromatic nitrogens is 1. The van der Waals surface area contributed by atoms with Gasteiger partial charge in [-0.1, -0.05) is 18.2 Å². The number of fused-ring (bicyclic) bond motifs is 1. The zero-order valence-electron chi connectivity index (χ0n) is 16.8. The summed E-state index contributed by atoms with van der Waals surface area (Å²) in [6.07, 6.45) is 1.84. The number of hydrogen-bond donors (Lipinski definition) is 2. The van der Waals surface area contributed by atoms with E-state index in [4.69, 9.17) is 9.47 Å². The molecule has 0 saturated heterocycles. The van der Waals surface area contributed by atoms with Gasteiger partial charge in [0.1, 0.15) is 18.5 Å². The van der Waals surface area contributed by atoms with Crippen molar-refractivity contribution in [2.75, 3.05) is 38.2 Å². The Kier molecular flexibility index (Phi) is 6.94. The van der Waals surface area contributed by atoms with Crippen molar-refractivity contribution < 1.29 is 9.47 Å². The van der Waals surface area contributed by atoms with Gasteiger partial charge in [0.15, 0.2) is 17.5 Å².